The molecule has 0 aliphatic carbocycles. The zero-order chi connectivity index (χ0) is 18.1. The van der Waals surface area contributed by atoms with Gasteiger partial charge in [0.15, 0.2) is 5.96 Å². The molecule has 2 rings (SSSR count). The van der Waals surface area contributed by atoms with Crippen molar-refractivity contribution in [3.63, 3.8) is 0 Å². The molecule has 0 amide bonds. The summed E-state index contributed by atoms with van der Waals surface area (Å²) in [7, 11) is -1.53. The number of sulfonamides is 1. The van der Waals surface area contributed by atoms with Crippen LogP contribution in [0.2, 0.25) is 0 Å². The van der Waals surface area contributed by atoms with Crippen molar-refractivity contribution in [2.24, 2.45) is 4.99 Å². The highest BCUT2D eigenvalue weighted by Crippen LogP contribution is 2.17. The van der Waals surface area contributed by atoms with E-state index in [1.54, 1.807) is 20.2 Å². The Hall–Kier alpha value is -1.66. The van der Waals surface area contributed by atoms with Crippen molar-refractivity contribution in [1.82, 2.24) is 20.3 Å². The second kappa shape index (κ2) is 11.1. The van der Waals surface area contributed by atoms with Gasteiger partial charge in [-0.05, 0) is 19.1 Å². The molecule has 0 saturated heterocycles. The molecule has 0 bridgehead atoms. The first-order chi connectivity index (χ1) is 12.0. The average molecular weight is 493 g/mol. The van der Waals surface area contributed by atoms with Gasteiger partial charge in [0.2, 0.25) is 15.9 Å². The number of aromatic nitrogens is 1. The van der Waals surface area contributed by atoms with Crippen LogP contribution in [0.15, 0.2) is 46.0 Å². The van der Waals surface area contributed by atoms with E-state index in [4.69, 9.17) is 4.42 Å². The van der Waals surface area contributed by atoms with Crippen molar-refractivity contribution in [1.29, 1.82) is 0 Å². The summed E-state index contributed by atoms with van der Waals surface area (Å²) in [4.78, 5) is 8.50. The van der Waals surface area contributed by atoms with Gasteiger partial charge in [-0.15, -0.1) is 24.0 Å². The zero-order valence-corrected chi connectivity index (χ0v) is 17.9. The third-order valence-corrected chi connectivity index (χ3v) is 4.76. The summed E-state index contributed by atoms with van der Waals surface area (Å²) in [5, 5.41) is 6.13. The Bertz CT molecular complexity index is 793. The van der Waals surface area contributed by atoms with Crippen LogP contribution >= 0.6 is 24.0 Å². The molecule has 1 aromatic carbocycles. The molecule has 0 atom stereocenters. The number of nitrogens with zero attached hydrogens (tertiary/aromatic N) is 2. The maximum Gasteiger partial charge on any atom is 0.226 e. The van der Waals surface area contributed by atoms with E-state index >= 15 is 0 Å². The number of halogens is 1. The summed E-state index contributed by atoms with van der Waals surface area (Å²) in [6, 6.07) is 9.65. The molecule has 0 aliphatic heterocycles. The van der Waals surface area contributed by atoms with Crippen molar-refractivity contribution in [3.05, 3.63) is 42.3 Å². The Kier molecular flexibility index (Phi) is 9.59. The molecule has 2 aromatic rings. The molecule has 10 heteroatoms. The van der Waals surface area contributed by atoms with Gasteiger partial charge in [-0.2, -0.15) is 0 Å². The van der Waals surface area contributed by atoms with Crippen LogP contribution < -0.4 is 15.4 Å². The fourth-order valence-electron chi connectivity index (χ4n) is 1.99. The first kappa shape index (κ1) is 22.4. The van der Waals surface area contributed by atoms with Gasteiger partial charge in [-0.1, -0.05) is 18.2 Å². The van der Waals surface area contributed by atoms with Crippen LogP contribution in [0.1, 0.15) is 12.6 Å². The average Bonchev–Trinajstić information content (AvgIpc) is 3.11. The number of nitrogens with one attached hydrogen (secondary N) is 3. The summed E-state index contributed by atoms with van der Waals surface area (Å²) in [5.74, 6) is 1.19. The van der Waals surface area contributed by atoms with E-state index in [9.17, 15) is 8.42 Å². The van der Waals surface area contributed by atoms with Crippen molar-refractivity contribution in [2.75, 3.05) is 25.9 Å². The van der Waals surface area contributed by atoms with Gasteiger partial charge in [-0.3, -0.25) is 4.99 Å². The normalized spacial score (nSPS) is 11.7. The van der Waals surface area contributed by atoms with Gasteiger partial charge in [0.05, 0.1) is 18.0 Å². The molecule has 0 unspecified atom stereocenters. The fourth-order valence-corrected chi connectivity index (χ4v) is 2.60. The lowest BCUT2D eigenvalue weighted by molar-refractivity contribution is 0.572. The monoisotopic (exact) mass is 493 g/mol. The van der Waals surface area contributed by atoms with E-state index in [2.05, 4.69) is 25.3 Å². The number of hydrogen-bond acceptors (Lipinski definition) is 5. The lowest BCUT2D eigenvalue weighted by Gasteiger charge is -2.11. The number of rotatable bonds is 8. The van der Waals surface area contributed by atoms with E-state index in [-0.39, 0.29) is 29.7 Å². The number of oxazole rings is 1. The second-order valence-electron chi connectivity index (χ2n) is 5.16. The highest BCUT2D eigenvalue weighted by Gasteiger charge is 2.08. The number of aliphatic imine (C=N–C) groups is 1. The van der Waals surface area contributed by atoms with Crippen LogP contribution in [0.5, 0.6) is 0 Å². The van der Waals surface area contributed by atoms with E-state index in [0.717, 1.165) is 11.3 Å². The van der Waals surface area contributed by atoms with Gasteiger partial charge < -0.3 is 15.1 Å². The zero-order valence-electron chi connectivity index (χ0n) is 14.7. The Balaban J connectivity index is 0.00000338. The molecule has 1 aromatic heterocycles. The molecular formula is C16H24IN5O3S. The maximum atomic E-state index is 11.3. The minimum absolute atomic E-state index is 0. The summed E-state index contributed by atoms with van der Waals surface area (Å²) in [6.07, 6.45) is 1.60. The molecule has 0 aliphatic rings. The second-order valence-corrected chi connectivity index (χ2v) is 7.26. The van der Waals surface area contributed by atoms with Crippen LogP contribution in [-0.4, -0.2) is 45.3 Å². The maximum absolute atomic E-state index is 11.3. The Labute approximate surface area is 171 Å². The molecular weight excluding hydrogens is 469 g/mol. The highest BCUT2D eigenvalue weighted by atomic mass is 127. The Morgan fingerprint density at radius 2 is 1.92 bits per heavy atom. The molecule has 0 saturated carbocycles. The number of hydrogen-bond donors (Lipinski definition) is 3. The van der Waals surface area contributed by atoms with E-state index in [1.165, 1.54) is 0 Å². The standard InChI is InChI=1S/C16H23N5O3S.HI/c1-3-25(22,23)20-10-9-18-16(17-2)19-11-14-12-24-15(21-14)13-7-5-4-6-8-13;/h4-8,12,20H,3,9-11H2,1-2H3,(H2,17,18,19);1H. The molecule has 1 heterocycles. The molecule has 8 nitrogen and oxygen atoms in total. The molecule has 3 N–H and O–H groups in total. The highest BCUT2D eigenvalue weighted by molar-refractivity contribution is 14.0. The van der Waals surface area contributed by atoms with Gasteiger partial charge >= 0.3 is 0 Å². The Morgan fingerprint density at radius 1 is 1.19 bits per heavy atom. The largest absolute Gasteiger partial charge is 0.444 e. The summed E-state index contributed by atoms with van der Waals surface area (Å²) >= 11 is 0. The number of benzene rings is 1. The first-order valence-corrected chi connectivity index (χ1v) is 9.61. The van der Waals surface area contributed by atoms with Crippen molar-refractivity contribution < 1.29 is 12.8 Å². The van der Waals surface area contributed by atoms with Crippen molar-refractivity contribution in [2.45, 2.75) is 13.5 Å². The molecule has 26 heavy (non-hydrogen) atoms. The lowest BCUT2D eigenvalue weighted by atomic mass is 10.2. The van der Waals surface area contributed by atoms with Gasteiger partial charge in [-0.25, -0.2) is 18.1 Å². The lowest BCUT2D eigenvalue weighted by Crippen LogP contribution is -2.41. The van der Waals surface area contributed by atoms with E-state index in [1.807, 2.05) is 30.3 Å². The molecule has 0 spiro atoms. The quantitative estimate of drug-likeness (QED) is 0.223. The van der Waals surface area contributed by atoms with Gasteiger partial charge in [0.25, 0.3) is 0 Å². The third-order valence-electron chi connectivity index (χ3n) is 3.35. The predicted octanol–water partition coefficient (Wildman–Crippen LogP) is 1.56. The first-order valence-electron chi connectivity index (χ1n) is 7.95. The van der Waals surface area contributed by atoms with Crippen LogP contribution in [-0.2, 0) is 16.6 Å². The third kappa shape index (κ3) is 7.30. The van der Waals surface area contributed by atoms with Crippen LogP contribution in [0, 0.1) is 0 Å². The number of guanidine groups is 1. The Morgan fingerprint density at radius 3 is 2.58 bits per heavy atom. The summed E-state index contributed by atoms with van der Waals surface area (Å²) in [6.45, 7) is 2.75. The van der Waals surface area contributed by atoms with Gasteiger partial charge in [0, 0.05) is 25.7 Å². The molecule has 0 radical (unpaired) electrons. The van der Waals surface area contributed by atoms with Crippen LogP contribution in [0.3, 0.4) is 0 Å². The van der Waals surface area contributed by atoms with Crippen molar-refractivity contribution >= 4 is 40.0 Å². The van der Waals surface area contributed by atoms with Crippen LogP contribution in [0.25, 0.3) is 11.5 Å². The SMILES string of the molecule is CCS(=O)(=O)NCCNC(=NC)NCc1coc(-c2ccccc2)n1.I. The van der Waals surface area contributed by atoms with Crippen LogP contribution in [0.4, 0.5) is 0 Å². The van der Waals surface area contributed by atoms with E-state index in [0.29, 0.717) is 31.5 Å². The van der Waals surface area contributed by atoms with E-state index < -0.39 is 10.0 Å². The van der Waals surface area contributed by atoms with Crippen molar-refractivity contribution in [3.8, 4) is 11.5 Å². The molecule has 144 valence electrons. The minimum Gasteiger partial charge on any atom is -0.444 e. The minimum atomic E-state index is -3.18. The predicted molar refractivity (Wildman–Crippen MR) is 113 cm³/mol. The van der Waals surface area contributed by atoms with Gasteiger partial charge in [0.1, 0.15) is 6.26 Å². The molecule has 0 fully saturated rings. The topological polar surface area (TPSA) is 109 Å². The summed E-state index contributed by atoms with van der Waals surface area (Å²) in [5.41, 5.74) is 1.66. The fraction of sp³-hybridized carbons (Fsp3) is 0.375. The summed E-state index contributed by atoms with van der Waals surface area (Å²) < 4.78 is 30.6. The smallest absolute Gasteiger partial charge is 0.226 e.